The molecule has 1 rings (SSSR count). The largest absolute Gasteiger partial charge is 0.480 e. The number of carbonyl (C=O) groups excluding carboxylic acids is 1. The summed E-state index contributed by atoms with van der Waals surface area (Å²) in [5.74, 6) is -1.94. The molecular weight excluding hydrogens is 406 g/mol. The minimum Gasteiger partial charge on any atom is -0.480 e. The molecule has 2 amide bonds. The van der Waals surface area contributed by atoms with Gasteiger partial charge in [0.15, 0.2) is 0 Å². The summed E-state index contributed by atoms with van der Waals surface area (Å²) >= 11 is 0. The molecule has 11 nitrogen and oxygen atoms in total. The molecule has 178 valence electrons. The number of aliphatic hydroxyl groups is 1. The number of amides is 2. The molecule has 0 saturated heterocycles. The first-order chi connectivity index (χ1) is 14.3. The number of hydrogen-bond acceptors (Lipinski definition) is 7. The summed E-state index contributed by atoms with van der Waals surface area (Å²) in [5.41, 5.74) is 22.5. The van der Waals surface area contributed by atoms with E-state index in [1.165, 1.54) is 0 Å². The maximum atomic E-state index is 10.2. The fraction of sp³-hybridized carbons (Fsp3) is 0.550. The van der Waals surface area contributed by atoms with Gasteiger partial charge in [-0.05, 0) is 49.8 Å². The van der Waals surface area contributed by atoms with Crippen molar-refractivity contribution in [1.82, 2.24) is 5.32 Å². The fourth-order valence-corrected chi connectivity index (χ4v) is 1.94. The fourth-order valence-electron chi connectivity index (χ4n) is 1.94. The van der Waals surface area contributed by atoms with Crippen molar-refractivity contribution in [2.45, 2.75) is 58.2 Å². The standard InChI is InChI=1S/C9H13NO.C6H13N3O3.C5H11NO2/c1-7(11)6-8-2-4-9(10)5-3-8;7-4(5(10)11)2-1-3-9-6(8)12;1-3(2)4(6)5(7)8/h2-5,7,11H,6,10H2,1H3;4H,1-3,7H2,(H,10,11)(H3,8,9,12);3-4H,6H2,1-2H3,(H,7,8). The van der Waals surface area contributed by atoms with E-state index in [0.717, 1.165) is 11.3 Å². The molecule has 0 radical (unpaired) electrons. The Bertz CT molecular complexity index is 652. The molecule has 11 heteroatoms. The molecule has 3 atom stereocenters. The topological polar surface area (TPSA) is 228 Å². The van der Waals surface area contributed by atoms with E-state index < -0.39 is 30.1 Å². The summed E-state index contributed by atoms with van der Waals surface area (Å²) < 4.78 is 0. The molecule has 12 N–H and O–H groups in total. The number of anilines is 1. The zero-order valence-electron chi connectivity index (χ0n) is 18.3. The summed E-state index contributed by atoms with van der Waals surface area (Å²) in [5, 5.41) is 28.0. The van der Waals surface area contributed by atoms with Gasteiger partial charge in [0.25, 0.3) is 0 Å². The van der Waals surface area contributed by atoms with Gasteiger partial charge in [0.1, 0.15) is 12.1 Å². The highest BCUT2D eigenvalue weighted by molar-refractivity contribution is 5.73. The van der Waals surface area contributed by atoms with E-state index >= 15 is 0 Å². The lowest BCUT2D eigenvalue weighted by molar-refractivity contribution is -0.140. The number of carboxylic acid groups (broad SMARTS) is 2. The highest BCUT2D eigenvalue weighted by Gasteiger charge is 2.14. The molecule has 31 heavy (non-hydrogen) atoms. The number of benzene rings is 1. The molecule has 0 spiro atoms. The second kappa shape index (κ2) is 16.9. The molecule has 0 fully saturated rings. The maximum absolute atomic E-state index is 10.2. The van der Waals surface area contributed by atoms with Crippen LogP contribution in [0.15, 0.2) is 24.3 Å². The molecule has 0 aromatic heterocycles. The van der Waals surface area contributed by atoms with Gasteiger partial charge >= 0.3 is 18.0 Å². The molecule has 1 aromatic rings. The zero-order chi connectivity index (χ0) is 24.6. The van der Waals surface area contributed by atoms with Gasteiger partial charge in [0.05, 0.1) is 6.10 Å². The van der Waals surface area contributed by atoms with E-state index in [-0.39, 0.29) is 12.0 Å². The number of aliphatic carboxylic acids is 2. The average Bonchev–Trinajstić information content (AvgIpc) is 2.66. The molecular formula is C20H37N5O6. The van der Waals surface area contributed by atoms with Gasteiger partial charge in [-0.15, -0.1) is 0 Å². The van der Waals surface area contributed by atoms with Crippen LogP contribution < -0.4 is 28.3 Å². The first-order valence-corrected chi connectivity index (χ1v) is 9.80. The third kappa shape index (κ3) is 18.9. The van der Waals surface area contributed by atoms with Crippen molar-refractivity contribution in [3.8, 4) is 0 Å². The number of rotatable bonds is 9. The third-order valence-electron chi connectivity index (χ3n) is 3.82. The van der Waals surface area contributed by atoms with Crippen LogP contribution in [0.5, 0.6) is 0 Å². The predicted molar refractivity (Wildman–Crippen MR) is 119 cm³/mol. The monoisotopic (exact) mass is 443 g/mol. The average molecular weight is 444 g/mol. The van der Waals surface area contributed by atoms with Gasteiger partial charge in [-0.25, -0.2) is 4.79 Å². The summed E-state index contributed by atoms with van der Waals surface area (Å²) in [7, 11) is 0. The SMILES string of the molecule is CC(C)C(N)C(=O)O.CC(O)Cc1ccc(N)cc1.NC(=O)NCCCC(N)C(=O)O. The number of nitrogen functional groups attached to an aromatic ring is 1. The Morgan fingerprint density at radius 2 is 1.52 bits per heavy atom. The van der Waals surface area contributed by atoms with Crippen molar-refractivity contribution >= 4 is 23.7 Å². The minimum atomic E-state index is -1.03. The van der Waals surface area contributed by atoms with Gasteiger partial charge in [-0.1, -0.05) is 26.0 Å². The van der Waals surface area contributed by atoms with E-state index in [4.69, 9.17) is 38.3 Å². The van der Waals surface area contributed by atoms with Crippen molar-refractivity contribution < 1.29 is 29.7 Å². The number of carbonyl (C=O) groups is 3. The van der Waals surface area contributed by atoms with Gasteiger partial charge < -0.3 is 43.6 Å². The smallest absolute Gasteiger partial charge is 0.320 e. The van der Waals surface area contributed by atoms with E-state index in [0.29, 0.717) is 25.8 Å². The van der Waals surface area contributed by atoms with Crippen molar-refractivity contribution in [3.63, 3.8) is 0 Å². The lowest BCUT2D eigenvalue weighted by Crippen LogP contribution is -2.34. The van der Waals surface area contributed by atoms with Crippen LogP contribution in [-0.4, -0.2) is 58.0 Å². The molecule has 0 aliphatic rings. The highest BCUT2D eigenvalue weighted by atomic mass is 16.4. The van der Waals surface area contributed by atoms with Crippen LogP contribution in [0, 0.1) is 5.92 Å². The number of hydrogen-bond donors (Lipinski definition) is 8. The summed E-state index contributed by atoms with van der Waals surface area (Å²) in [6, 6.07) is 5.37. The van der Waals surface area contributed by atoms with Crippen molar-refractivity contribution in [1.29, 1.82) is 0 Å². The highest BCUT2D eigenvalue weighted by Crippen LogP contribution is 2.07. The molecule has 3 unspecified atom stereocenters. The molecule has 0 heterocycles. The van der Waals surface area contributed by atoms with Gasteiger partial charge in [-0.2, -0.15) is 0 Å². The van der Waals surface area contributed by atoms with Crippen LogP contribution in [-0.2, 0) is 16.0 Å². The van der Waals surface area contributed by atoms with Crippen LogP contribution >= 0.6 is 0 Å². The van der Waals surface area contributed by atoms with Gasteiger partial charge in [0, 0.05) is 12.2 Å². The number of nitrogens with one attached hydrogen (secondary N) is 1. The van der Waals surface area contributed by atoms with Crippen molar-refractivity contribution in [2.75, 3.05) is 12.3 Å². The Morgan fingerprint density at radius 1 is 1.00 bits per heavy atom. The maximum Gasteiger partial charge on any atom is 0.320 e. The lowest BCUT2D eigenvalue weighted by atomic mass is 10.1. The molecule has 0 aliphatic heterocycles. The summed E-state index contributed by atoms with van der Waals surface area (Å²) in [6.45, 7) is 5.68. The Hall–Kier alpha value is -2.89. The van der Waals surface area contributed by atoms with Crippen LogP contribution in [0.3, 0.4) is 0 Å². The Balaban J connectivity index is 0. The van der Waals surface area contributed by atoms with Crippen LogP contribution in [0.1, 0.15) is 39.2 Å². The van der Waals surface area contributed by atoms with Crippen molar-refractivity contribution in [2.24, 2.45) is 23.1 Å². The third-order valence-corrected chi connectivity index (χ3v) is 3.82. The van der Waals surface area contributed by atoms with Crippen LogP contribution in [0.2, 0.25) is 0 Å². The van der Waals surface area contributed by atoms with E-state index in [1.54, 1.807) is 20.8 Å². The number of urea groups is 1. The number of nitrogens with two attached hydrogens (primary N) is 4. The molecule has 0 aliphatic carbocycles. The Kier molecular flexibility index (Phi) is 16.5. The molecule has 0 bridgehead atoms. The Morgan fingerprint density at radius 3 is 1.84 bits per heavy atom. The first-order valence-electron chi connectivity index (χ1n) is 9.80. The first kappa shape index (κ1) is 30.3. The molecule has 0 saturated carbocycles. The van der Waals surface area contributed by atoms with E-state index in [2.05, 4.69) is 5.32 Å². The quantitative estimate of drug-likeness (QED) is 0.191. The van der Waals surface area contributed by atoms with Crippen LogP contribution in [0.4, 0.5) is 10.5 Å². The normalized spacial score (nSPS) is 12.9. The predicted octanol–water partition coefficient (Wildman–Crippen LogP) is 0.0932. The van der Waals surface area contributed by atoms with Gasteiger partial charge in [-0.3, -0.25) is 9.59 Å². The van der Waals surface area contributed by atoms with E-state index in [1.807, 2.05) is 24.3 Å². The van der Waals surface area contributed by atoms with Crippen LogP contribution in [0.25, 0.3) is 0 Å². The Labute approximate surface area is 182 Å². The number of carboxylic acids is 2. The number of primary amides is 1. The summed E-state index contributed by atoms with van der Waals surface area (Å²) in [4.78, 5) is 30.3. The second-order valence-corrected chi connectivity index (χ2v) is 7.28. The van der Waals surface area contributed by atoms with Crippen molar-refractivity contribution in [3.05, 3.63) is 29.8 Å². The van der Waals surface area contributed by atoms with Gasteiger partial charge in [0.2, 0.25) is 0 Å². The lowest BCUT2D eigenvalue weighted by Gasteiger charge is -2.07. The molecule has 1 aromatic carbocycles. The summed E-state index contributed by atoms with van der Waals surface area (Å²) in [6.07, 6.45) is 1.25. The second-order valence-electron chi connectivity index (χ2n) is 7.28. The number of aliphatic hydroxyl groups excluding tert-OH is 1. The van der Waals surface area contributed by atoms with E-state index in [9.17, 15) is 14.4 Å². The zero-order valence-corrected chi connectivity index (χ0v) is 18.3. The minimum absolute atomic E-state index is 0.0208.